The Balaban J connectivity index is 2.24. The average molecular weight is 225 g/mol. The molecular weight excluding hydrogens is 214 g/mol. The van der Waals surface area contributed by atoms with E-state index < -0.39 is 0 Å². The number of fused-ring (bicyclic) bond motifs is 1. The molecule has 1 N–H and O–H groups in total. The molecule has 1 heterocycles. The summed E-state index contributed by atoms with van der Waals surface area (Å²) in [6.45, 7) is 1.85. The zero-order valence-electron chi connectivity index (χ0n) is 9.33. The zero-order chi connectivity index (χ0) is 11.8. The van der Waals surface area contributed by atoms with Crippen molar-refractivity contribution in [2.45, 2.75) is 6.92 Å². The van der Waals surface area contributed by atoms with Gasteiger partial charge >= 0.3 is 0 Å². The SMILES string of the molecule is Cc1c(O)cccc1-n1nc2ccccc2n1. The lowest BCUT2D eigenvalue weighted by Crippen LogP contribution is -2.00. The number of benzene rings is 2. The third-order valence-electron chi connectivity index (χ3n) is 2.78. The fourth-order valence-electron chi connectivity index (χ4n) is 1.80. The molecule has 0 amide bonds. The first-order chi connectivity index (χ1) is 8.25. The molecule has 17 heavy (non-hydrogen) atoms. The van der Waals surface area contributed by atoms with Crippen molar-refractivity contribution < 1.29 is 5.11 Å². The number of phenols is 1. The first kappa shape index (κ1) is 9.84. The van der Waals surface area contributed by atoms with Gasteiger partial charge in [0.25, 0.3) is 0 Å². The van der Waals surface area contributed by atoms with Crippen LogP contribution in [0.2, 0.25) is 0 Å². The Morgan fingerprint density at radius 3 is 2.24 bits per heavy atom. The van der Waals surface area contributed by atoms with Crippen molar-refractivity contribution in [3.05, 3.63) is 48.0 Å². The van der Waals surface area contributed by atoms with Crippen molar-refractivity contribution in [2.24, 2.45) is 0 Å². The van der Waals surface area contributed by atoms with Gasteiger partial charge in [-0.05, 0) is 31.2 Å². The minimum Gasteiger partial charge on any atom is -0.508 e. The van der Waals surface area contributed by atoms with Gasteiger partial charge in [-0.2, -0.15) is 4.80 Å². The largest absolute Gasteiger partial charge is 0.508 e. The van der Waals surface area contributed by atoms with Crippen molar-refractivity contribution in [1.82, 2.24) is 15.0 Å². The van der Waals surface area contributed by atoms with Crippen LogP contribution < -0.4 is 0 Å². The van der Waals surface area contributed by atoms with E-state index in [4.69, 9.17) is 0 Å². The van der Waals surface area contributed by atoms with Gasteiger partial charge in [0.15, 0.2) is 0 Å². The van der Waals surface area contributed by atoms with Crippen LogP contribution in [0.25, 0.3) is 16.7 Å². The number of hydrogen-bond acceptors (Lipinski definition) is 3. The molecule has 2 aromatic carbocycles. The molecular formula is C13H11N3O. The molecule has 3 rings (SSSR count). The van der Waals surface area contributed by atoms with Crippen molar-refractivity contribution >= 4 is 11.0 Å². The van der Waals surface area contributed by atoms with Gasteiger partial charge in [-0.3, -0.25) is 0 Å². The molecule has 4 nitrogen and oxygen atoms in total. The number of rotatable bonds is 1. The third kappa shape index (κ3) is 1.54. The minimum atomic E-state index is 0.254. The Hall–Kier alpha value is -2.36. The predicted octanol–water partition coefficient (Wildman–Crippen LogP) is 2.43. The maximum atomic E-state index is 9.67. The van der Waals surface area contributed by atoms with Crippen molar-refractivity contribution in [2.75, 3.05) is 0 Å². The van der Waals surface area contributed by atoms with Gasteiger partial charge in [-0.25, -0.2) is 0 Å². The van der Waals surface area contributed by atoms with Gasteiger partial charge in [-0.15, -0.1) is 10.2 Å². The highest BCUT2D eigenvalue weighted by atomic mass is 16.3. The predicted molar refractivity (Wildman–Crippen MR) is 65.3 cm³/mol. The second-order valence-electron chi connectivity index (χ2n) is 3.90. The number of aromatic hydroxyl groups is 1. The Bertz CT molecular complexity index is 655. The summed E-state index contributed by atoms with van der Waals surface area (Å²) < 4.78 is 0. The van der Waals surface area contributed by atoms with Crippen LogP contribution in [0.4, 0.5) is 0 Å². The lowest BCUT2D eigenvalue weighted by atomic mass is 10.2. The summed E-state index contributed by atoms with van der Waals surface area (Å²) in [7, 11) is 0. The molecule has 0 fully saturated rings. The van der Waals surface area contributed by atoms with Crippen LogP contribution in [-0.2, 0) is 0 Å². The van der Waals surface area contributed by atoms with Crippen molar-refractivity contribution in [1.29, 1.82) is 0 Å². The molecule has 0 bridgehead atoms. The van der Waals surface area contributed by atoms with Gasteiger partial charge in [-0.1, -0.05) is 18.2 Å². The van der Waals surface area contributed by atoms with Crippen LogP contribution in [0.3, 0.4) is 0 Å². The topological polar surface area (TPSA) is 50.9 Å². The Morgan fingerprint density at radius 2 is 1.59 bits per heavy atom. The number of nitrogens with zero attached hydrogens (tertiary/aromatic N) is 3. The lowest BCUT2D eigenvalue weighted by Gasteiger charge is -2.05. The Kier molecular flexibility index (Phi) is 2.08. The highest BCUT2D eigenvalue weighted by molar-refractivity contribution is 5.73. The molecule has 0 aliphatic carbocycles. The van der Waals surface area contributed by atoms with Crippen molar-refractivity contribution in [3.8, 4) is 11.4 Å². The first-order valence-electron chi connectivity index (χ1n) is 5.37. The smallest absolute Gasteiger partial charge is 0.120 e. The Morgan fingerprint density at radius 1 is 0.941 bits per heavy atom. The third-order valence-corrected chi connectivity index (χ3v) is 2.78. The molecule has 0 spiro atoms. The van der Waals surface area contributed by atoms with Crippen LogP contribution in [-0.4, -0.2) is 20.1 Å². The quantitative estimate of drug-likeness (QED) is 0.692. The summed E-state index contributed by atoms with van der Waals surface area (Å²) in [5, 5.41) is 18.4. The van der Waals surface area contributed by atoms with Crippen LogP contribution in [0.15, 0.2) is 42.5 Å². The van der Waals surface area contributed by atoms with Gasteiger partial charge in [0.05, 0.1) is 5.69 Å². The molecule has 1 aromatic heterocycles. The second kappa shape index (κ2) is 3.59. The molecule has 3 aromatic rings. The summed E-state index contributed by atoms with van der Waals surface area (Å²) in [5.74, 6) is 0.254. The number of phenolic OH excluding ortho intramolecular Hbond substituents is 1. The zero-order valence-corrected chi connectivity index (χ0v) is 9.33. The van der Waals surface area contributed by atoms with Gasteiger partial charge < -0.3 is 5.11 Å². The summed E-state index contributed by atoms with van der Waals surface area (Å²) in [6.07, 6.45) is 0. The molecule has 4 heteroatoms. The van der Waals surface area contributed by atoms with E-state index in [1.54, 1.807) is 16.9 Å². The summed E-state index contributed by atoms with van der Waals surface area (Å²) in [4.78, 5) is 1.56. The van der Waals surface area contributed by atoms with Gasteiger partial charge in [0, 0.05) is 5.56 Å². The molecule has 84 valence electrons. The molecule has 0 radical (unpaired) electrons. The highest BCUT2D eigenvalue weighted by Gasteiger charge is 2.08. The van der Waals surface area contributed by atoms with Crippen molar-refractivity contribution in [3.63, 3.8) is 0 Å². The summed E-state index contributed by atoms with van der Waals surface area (Å²) in [5.41, 5.74) is 3.25. The fourth-order valence-corrected chi connectivity index (χ4v) is 1.80. The van der Waals surface area contributed by atoms with E-state index in [0.29, 0.717) is 0 Å². The van der Waals surface area contributed by atoms with E-state index in [1.807, 2.05) is 37.3 Å². The van der Waals surface area contributed by atoms with E-state index in [-0.39, 0.29) is 5.75 Å². The molecule has 0 saturated heterocycles. The van der Waals surface area contributed by atoms with Gasteiger partial charge in [0.1, 0.15) is 16.8 Å². The van der Waals surface area contributed by atoms with Crippen LogP contribution in [0.5, 0.6) is 5.75 Å². The monoisotopic (exact) mass is 225 g/mol. The molecule has 0 unspecified atom stereocenters. The van der Waals surface area contributed by atoms with Crippen LogP contribution in [0.1, 0.15) is 5.56 Å². The summed E-state index contributed by atoms with van der Waals surface area (Å²) in [6, 6.07) is 13.0. The molecule has 0 saturated carbocycles. The van der Waals surface area contributed by atoms with Crippen LogP contribution >= 0.6 is 0 Å². The van der Waals surface area contributed by atoms with E-state index in [0.717, 1.165) is 22.3 Å². The molecule has 0 aliphatic rings. The lowest BCUT2D eigenvalue weighted by molar-refractivity contribution is 0.470. The first-order valence-corrected chi connectivity index (χ1v) is 5.37. The summed E-state index contributed by atoms with van der Waals surface area (Å²) >= 11 is 0. The average Bonchev–Trinajstić information content (AvgIpc) is 2.76. The maximum absolute atomic E-state index is 9.67. The fraction of sp³-hybridized carbons (Fsp3) is 0.0769. The normalized spacial score (nSPS) is 10.9. The Labute approximate surface area is 98.1 Å². The number of aromatic nitrogens is 3. The standard InChI is InChI=1S/C13H11N3O/c1-9-12(7-4-8-13(9)17)16-14-10-5-2-3-6-11(10)15-16/h2-8,17H,1H3. The van der Waals surface area contributed by atoms with E-state index in [2.05, 4.69) is 10.2 Å². The van der Waals surface area contributed by atoms with Gasteiger partial charge in [0.2, 0.25) is 0 Å². The molecule has 0 aliphatic heterocycles. The molecule has 0 atom stereocenters. The van der Waals surface area contributed by atoms with E-state index in [9.17, 15) is 5.11 Å². The second-order valence-corrected chi connectivity index (χ2v) is 3.90. The van der Waals surface area contributed by atoms with E-state index >= 15 is 0 Å². The maximum Gasteiger partial charge on any atom is 0.120 e. The number of hydrogen-bond donors (Lipinski definition) is 1. The highest BCUT2D eigenvalue weighted by Crippen LogP contribution is 2.22. The van der Waals surface area contributed by atoms with E-state index in [1.165, 1.54) is 0 Å². The minimum absolute atomic E-state index is 0.254. The van der Waals surface area contributed by atoms with Crippen LogP contribution in [0, 0.1) is 6.92 Å².